The summed E-state index contributed by atoms with van der Waals surface area (Å²) in [6, 6.07) is 6.15. The second-order valence-corrected chi connectivity index (χ2v) is 3.97. The van der Waals surface area contributed by atoms with Gasteiger partial charge in [0.1, 0.15) is 11.4 Å². The minimum atomic E-state index is -0.262. The van der Waals surface area contributed by atoms with E-state index in [-0.39, 0.29) is 17.0 Å². The minimum Gasteiger partial charge on any atom is -0.271 e. The first-order valence-electron chi connectivity index (χ1n) is 4.15. The van der Waals surface area contributed by atoms with Crippen LogP contribution in [0, 0.1) is 5.82 Å². The molecule has 0 spiro atoms. The van der Waals surface area contributed by atoms with E-state index in [1.54, 1.807) is 12.1 Å². The second kappa shape index (κ2) is 3.92. The summed E-state index contributed by atoms with van der Waals surface area (Å²) in [5.74, 6) is -0.415. The molecule has 4 heteroatoms. The fraction of sp³-hybridized carbons (Fsp3) is 0.200. The van der Waals surface area contributed by atoms with Crippen molar-refractivity contribution < 1.29 is 9.18 Å². The van der Waals surface area contributed by atoms with Crippen LogP contribution in [0.4, 0.5) is 4.39 Å². The first-order chi connectivity index (χ1) is 6.75. The van der Waals surface area contributed by atoms with Crippen molar-refractivity contribution in [1.82, 2.24) is 0 Å². The molecule has 1 aliphatic rings. The molecule has 14 heavy (non-hydrogen) atoms. The molecular formula is C10H7FNOS. The second-order valence-electron chi connectivity index (χ2n) is 2.98. The summed E-state index contributed by atoms with van der Waals surface area (Å²) in [6.07, 6.45) is 0.584. The van der Waals surface area contributed by atoms with Crippen LogP contribution in [-0.2, 0) is 11.2 Å². The fourth-order valence-corrected chi connectivity index (χ4v) is 1.92. The monoisotopic (exact) mass is 208 g/mol. The Kier molecular flexibility index (Phi) is 2.63. The van der Waals surface area contributed by atoms with E-state index in [2.05, 4.69) is 10.5 Å². The van der Waals surface area contributed by atoms with E-state index < -0.39 is 0 Å². The van der Waals surface area contributed by atoms with E-state index in [0.29, 0.717) is 6.42 Å². The van der Waals surface area contributed by atoms with Crippen LogP contribution >= 0.6 is 11.8 Å². The maximum atomic E-state index is 12.6. The Bertz CT molecular complexity index is 374. The number of aliphatic imine (C=N–C) groups is 1. The molecule has 1 radical (unpaired) electrons. The molecule has 1 heterocycles. The third-order valence-corrected chi connectivity index (χ3v) is 2.81. The summed E-state index contributed by atoms with van der Waals surface area (Å²) in [6.45, 7) is 0. The van der Waals surface area contributed by atoms with Crippen molar-refractivity contribution in [3.05, 3.63) is 35.6 Å². The third-order valence-electron chi connectivity index (χ3n) is 1.96. The van der Waals surface area contributed by atoms with Crippen molar-refractivity contribution in [1.29, 1.82) is 0 Å². The smallest absolute Gasteiger partial charge is 0.260 e. The lowest BCUT2D eigenvalue weighted by molar-refractivity contribution is -0.117. The zero-order valence-corrected chi connectivity index (χ0v) is 8.05. The number of benzene rings is 1. The molecule has 0 N–H and O–H groups in total. The van der Waals surface area contributed by atoms with E-state index in [9.17, 15) is 9.18 Å². The lowest BCUT2D eigenvalue weighted by atomic mass is 10.1. The highest BCUT2D eigenvalue weighted by Gasteiger charge is 2.22. The van der Waals surface area contributed by atoms with E-state index in [1.807, 2.05) is 0 Å². The number of halogens is 1. The number of rotatable bonds is 2. The quantitative estimate of drug-likeness (QED) is 0.743. The summed E-state index contributed by atoms with van der Waals surface area (Å²) >= 11 is 1.29. The van der Waals surface area contributed by atoms with Crippen LogP contribution < -0.4 is 0 Å². The van der Waals surface area contributed by atoms with Gasteiger partial charge in [0.15, 0.2) is 0 Å². The predicted molar refractivity (Wildman–Crippen MR) is 53.9 cm³/mol. The highest BCUT2D eigenvalue weighted by Crippen LogP contribution is 2.20. The Labute approximate surface area is 85.2 Å². The van der Waals surface area contributed by atoms with Gasteiger partial charge in [-0.05, 0) is 24.1 Å². The van der Waals surface area contributed by atoms with Crippen LogP contribution in [0.2, 0.25) is 0 Å². The summed E-state index contributed by atoms with van der Waals surface area (Å²) < 4.78 is 12.6. The molecular weight excluding hydrogens is 201 g/mol. The van der Waals surface area contributed by atoms with Crippen molar-refractivity contribution in [3.8, 4) is 0 Å². The average molecular weight is 208 g/mol. The zero-order valence-electron chi connectivity index (χ0n) is 7.24. The number of hydrogen-bond acceptors (Lipinski definition) is 2. The van der Waals surface area contributed by atoms with Crippen molar-refractivity contribution in [2.45, 2.75) is 11.7 Å². The van der Waals surface area contributed by atoms with E-state index in [4.69, 9.17) is 0 Å². The molecule has 71 valence electrons. The van der Waals surface area contributed by atoms with Gasteiger partial charge in [-0.1, -0.05) is 23.9 Å². The van der Waals surface area contributed by atoms with Gasteiger partial charge in [0.05, 0.1) is 5.25 Å². The number of hydrogen-bond donors (Lipinski definition) is 0. The number of carbonyl (C=O) groups excluding carboxylic acids is 1. The van der Waals surface area contributed by atoms with Gasteiger partial charge < -0.3 is 0 Å². The molecule has 1 aliphatic heterocycles. The van der Waals surface area contributed by atoms with Gasteiger partial charge in [-0.15, -0.1) is 0 Å². The van der Waals surface area contributed by atoms with Crippen molar-refractivity contribution in [2.24, 2.45) is 4.99 Å². The van der Waals surface area contributed by atoms with Crippen LogP contribution in [-0.4, -0.2) is 16.7 Å². The van der Waals surface area contributed by atoms with E-state index in [1.165, 1.54) is 23.9 Å². The van der Waals surface area contributed by atoms with Gasteiger partial charge in [0, 0.05) is 0 Å². The molecule has 1 aromatic rings. The summed E-state index contributed by atoms with van der Waals surface area (Å²) in [5, 5.41) is -0.180. The Hall–Kier alpha value is -1.16. The molecule has 0 saturated heterocycles. The van der Waals surface area contributed by atoms with Crippen LogP contribution in [0.1, 0.15) is 5.56 Å². The van der Waals surface area contributed by atoms with Crippen LogP contribution in [0.15, 0.2) is 29.3 Å². The summed E-state index contributed by atoms with van der Waals surface area (Å²) in [5.41, 5.74) is 3.51. The number of amides is 1. The molecule has 0 saturated carbocycles. The molecule has 0 bridgehead atoms. The van der Waals surface area contributed by atoms with Gasteiger partial charge in [-0.3, -0.25) is 4.79 Å². The number of nitrogens with zero attached hydrogens (tertiary/aromatic N) is 1. The molecule has 1 unspecified atom stereocenters. The Balaban J connectivity index is 2.04. The first-order valence-corrected chi connectivity index (χ1v) is 5.03. The van der Waals surface area contributed by atoms with Crippen molar-refractivity contribution >= 4 is 23.2 Å². The van der Waals surface area contributed by atoms with E-state index in [0.717, 1.165) is 5.56 Å². The predicted octanol–water partition coefficient (Wildman–Crippen LogP) is 1.92. The summed E-state index contributed by atoms with van der Waals surface area (Å²) in [4.78, 5) is 14.7. The molecule has 1 amide bonds. The van der Waals surface area contributed by atoms with Crippen LogP contribution in [0.5, 0.6) is 0 Å². The number of carbonyl (C=O) groups is 1. The Morgan fingerprint density at radius 3 is 2.71 bits per heavy atom. The van der Waals surface area contributed by atoms with Gasteiger partial charge in [-0.25, -0.2) is 9.38 Å². The molecule has 1 aromatic carbocycles. The van der Waals surface area contributed by atoms with Crippen LogP contribution in [0.25, 0.3) is 0 Å². The highest BCUT2D eigenvalue weighted by molar-refractivity contribution is 8.13. The maximum Gasteiger partial charge on any atom is 0.260 e. The van der Waals surface area contributed by atoms with Gasteiger partial charge in [-0.2, -0.15) is 0 Å². The Morgan fingerprint density at radius 1 is 1.43 bits per heavy atom. The fourth-order valence-electron chi connectivity index (χ4n) is 1.22. The first kappa shape index (κ1) is 9.40. The Morgan fingerprint density at radius 2 is 2.14 bits per heavy atom. The molecule has 1 atom stereocenters. The van der Waals surface area contributed by atoms with Crippen molar-refractivity contribution in [3.63, 3.8) is 0 Å². The summed E-state index contributed by atoms with van der Waals surface area (Å²) in [7, 11) is 0. The molecule has 0 aromatic heterocycles. The minimum absolute atomic E-state index is 0.153. The zero-order chi connectivity index (χ0) is 9.97. The molecule has 2 nitrogen and oxygen atoms in total. The van der Waals surface area contributed by atoms with Gasteiger partial charge in [0.2, 0.25) is 0 Å². The molecule has 2 rings (SSSR count). The normalized spacial score (nSPS) is 20.4. The largest absolute Gasteiger partial charge is 0.271 e. The van der Waals surface area contributed by atoms with Gasteiger partial charge in [0.25, 0.3) is 5.91 Å². The lowest BCUT2D eigenvalue weighted by Crippen LogP contribution is -2.13. The average Bonchev–Trinajstić information content (AvgIpc) is 2.56. The van der Waals surface area contributed by atoms with E-state index >= 15 is 0 Å². The van der Waals surface area contributed by atoms with Crippen molar-refractivity contribution in [2.75, 3.05) is 0 Å². The molecule has 0 fully saturated rings. The van der Waals surface area contributed by atoms with Gasteiger partial charge >= 0.3 is 0 Å². The highest BCUT2D eigenvalue weighted by atomic mass is 32.2. The maximum absolute atomic E-state index is 12.6. The lowest BCUT2D eigenvalue weighted by Gasteiger charge is -2.04. The topological polar surface area (TPSA) is 29.4 Å². The standard InChI is InChI=1S/C10H7FNOS/c11-8-3-1-7(2-4-8)5-9-10(13)12-6-14-9/h1-4,9H,5H2. The number of thioether (sulfide) groups is 1. The SMILES string of the molecule is O=C1N=[C]SC1Cc1ccc(F)cc1. The van der Waals surface area contributed by atoms with Crippen LogP contribution in [0.3, 0.4) is 0 Å². The molecule has 0 aliphatic carbocycles. The third kappa shape index (κ3) is 2.01.